The van der Waals surface area contributed by atoms with E-state index < -0.39 is 49.4 Å². The van der Waals surface area contributed by atoms with Gasteiger partial charge in [-0.3, -0.25) is 0 Å². The van der Waals surface area contributed by atoms with Crippen molar-refractivity contribution >= 4 is 5.97 Å². The van der Waals surface area contributed by atoms with Crippen LogP contribution >= 0.6 is 0 Å². The summed E-state index contributed by atoms with van der Waals surface area (Å²) < 4.78 is 21.7. The Morgan fingerprint density at radius 2 is 1.74 bits per heavy atom. The summed E-state index contributed by atoms with van der Waals surface area (Å²) in [7, 11) is 1.50. The smallest absolute Gasteiger partial charge is 0.342 e. The van der Waals surface area contributed by atoms with Crippen molar-refractivity contribution < 1.29 is 44.2 Å². The molecule has 4 rings (SSSR count). The molecule has 0 amide bonds. The fourth-order valence-corrected chi connectivity index (χ4v) is 3.83. The van der Waals surface area contributed by atoms with Gasteiger partial charge in [0.15, 0.2) is 0 Å². The molecule has 9 heteroatoms. The summed E-state index contributed by atoms with van der Waals surface area (Å²) in [5.41, 5.74) is 2.10. The van der Waals surface area contributed by atoms with E-state index in [4.69, 9.17) is 18.9 Å². The average molecular weight is 432 g/mol. The number of hydrogen-bond acceptors (Lipinski definition) is 9. The third kappa shape index (κ3) is 4.10. The third-order valence-corrected chi connectivity index (χ3v) is 5.52. The second-order valence-corrected chi connectivity index (χ2v) is 7.48. The maximum Gasteiger partial charge on any atom is 0.342 e. The molecule has 0 unspecified atom stereocenters. The molecule has 2 heterocycles. The Balaban J connectivity index is 1.44. The lowest BCUT2D eigenvalue weighted by Gasteiger charge is -2.39. The molecule has 0 saturated carbocycles. The van der Waals surface area contributed by atoms with E-state index in [1.54, 1.807) is 30.3 Å². The number of carbonyl (C=O) groups excluding carboxylic acids is 1. The number of hydrogen-bond donors (Lipinski definition) is 4. The van der Waals surface area contributed by atoms with Crippen LogP contribution in [0.2, 0.25) is 0 Å². The minimum absolute atomic E-state index is 0.360. The van der Waals surface area contributed by atoms with Crippen LogP contribution in [0.25, 0.3) is 0 Å². The number of aliphatic hydroxyl groups excluding tert-OH is 4. The predicted octanol–water partition coefficient (Wildman–Crippen LogP) is 0.328. The number of esters is 1. The van der Waals surface area contributed by atoms with Crippen LogP contribution < -0.4 is 9.47 Å². The highest BCUT2D eigenvalue weighted by molar-refractivity contribution is 5.97. The van der Waals surface area contributed by atoms with Crippen molar-refractivity contribution in [2.24, 2.45) is 0 Å². The second-order valence-electron chi connectivity index (χ2n) is 7.48. The molecule has 2 aromatic rings. The Kier molecular flexibility index (Phi) is 6.12. The van der Waals surface area contributed by atoms with E-state index in [0.29, 0.717) is 23.5 Å². The molecule has 1 fully saturated rings. The largest absolute Gasteiger partial charge is 0.496 e. The Morgan fingerprint density at radius 1 is 1.00 bits per heavy atom. The van der Waals surface area contributed by atoms with Gasteiger partial charge < -0.3 is 39.4 Å². The fraction of sp³-hybridized carbons (Fsp3) is 0.409. The van der Waals surface area contributed by atoms with Crippen LogP contribution in [0.5, 0.6) is 11.5 Å². The zero-order valence-corrected chi connectivity index (χ0v) is 16.7. The van der Waals surface area contributed by atoms with E-state index >= 15 is 0 Å². The van der Waals surface area contributed by atoms with Gasteiger partial charge in [-0.05, 0) is 23.8 Å². The first-order valence-corrected chi connectivity index (χ1v) is 9.87. The highest BCUT2D eigenvalue weighted by Gasteiger charge is 2.44. The summed E-state index contributed by atoms with van der Waals surface area (Å²) in [4.78, 5) is 12.2. The van der Waals surface area contributed by atoms with E-state index in [2.05, 4.69) is 0 Å². The second kappa shape index (κ2) is 8.81. The normalized spacial score (nSPS) is 29.9. The van der Waals surface area contributed by atoms with Crippen molar-refractivity contribution in [2.75, 3.05) is 13.7 Å². The highest BCUT2D eigenvalue weighted by Crippen LogP contribution is 2.38. The van der Waals surface area contributed by atoms with E-state index in [1.165, 1.54) is 7.11 Å². The van der Waals surface area contributed by atoms with Crippen LogP contribution in [0, 0.1) is 0 Å². The van der Waals surface area contributed by atoms with Gasteiger partial charge in [0.1, 0.15) is 47.6 Å². The van der Waals surface area contributed by atoms with Gasteiger partial charge in [0.2, 0.25) is 6.29 Å². The van der Waals surface area contributed by atoms with Crippen molar-refractivity contribution in [3.63, 3.8) is 0 Å². The number of benzene rings is 2. The van der Waals surface area contributed by atoms with Gasteiger partial charge in [-0.1, -0.05) is 24.3 Å². The van der Waals surface area contributed by atoms with E-state index in [0.717, 1.165) is 11.1 Å². The molecule has 2 aromatic carbocycles. The first-order chi connectivity index (χ1) is 14.9. The monoisotopic (exact) mass is 432 g/mol. The standard InChI is InChI=1S/C22H24O9/c1-28-14-4-2-3-13-15(30-21(27)17(13)14)9-11-5-7-12(8-6-11)29-22-20(26)19(25)18(24)16(10-23)31-22/h2-8,15-16,18-20,22-26H,9-10H2,1H3/t15-,16+,18+,19-,20+,22+/m0/s1. The lowest BCUT2D eigenvalue weighted by Crippen LogP contribution is -2.60. The topological polar surface area (TPSA) is 135 Å². The lowest BCUT2D eigenvalue weighted by molar-refractivity contribution is -0.277. The summed E-state index contributed by atoms with van der Waals surface area (Å²) in [6, 6.07) is 12.2. The van der Waals surface area contributed by atoms with Crippen molar-refractivity contribution in [1.29, 1.82) is 0 Å². The first kappa shape index (κ1) is 21.5. The Bertz CT molecular complexity index is 927. The SMILES string of the molecule is COc1cccc2c1C(=O)O[C@H]2Cc1ccc(O[C@@H]2O[C@H](CO)[C@@H](O)[C@H](O)[C@H]2O)cc1. The van der Waals surface area contributed by atoms with Gasteiger partial charge >= 0.3 is 5.97 Å². The maximum absolute atomic E-state index is 12.2. The molecular weight excluding hydrogens is 408 g/mol. The molecule has 6 atom stereocenters. The van der Waals surface area contributed by atoms with Crippen LogP contribution in [-0.2, 0) is 15.9 Å². The van der Waals surface area contributed by atoms with Gasteiger partial charge in [-0.15, -0.1) is 0 Å². The number of aliphatic hydroxyl groups is 4. The number of rotatable bonds is 6. The van der Waals surface area contributed by atoms with Gasteiger partial charge in [0.25, 0.3) is 0 Å². The van der Waals surface area contributed by atoms with Crippen molar-refractivity contribution in [3.8, 4) is 11.5 Å². The maximum atomic E-state index is 12.2. The minimum Gasteiger partial charge on any atom is -0.496 e. The van der Waals surface area contributed by atoms with Crippen molar-refractivity contribution in [1.82, 2.24) is 0 Å². The molecule has 1 saturated heterocycles. The summed E-state index contributed by atoms with van der Waals surface area (Å²) >= 11 is 0. The van der Waals surface area contributed by atoms with Gasteiger partial charge in [-0.25, -0.2) is 4.79 Å². The Morgan fingerprint density at radius 3 is 2.42 bits per heavy atom. The number of ether oxygens (including phenoxy) is 4. The summed E-state index contributed by atoms with van der Waals surface area (Å²) in [5, 5.41) is 39.1. The number of cyclic esters (lactones) is 1. The number of methoxy groups -OCH3 is 1. The minimum atomic E-state index is -1.51. The molecule has 0 aliphatic carbocycles. The molecule has 0 radical (unpaired) electrons. The van der Waals surface area contributed by atoms with Gasteiger partial charge in [-0.2, -0.15) is 0 Å². The molecule has 9 nitrogen and oxygen atoms in total. The van der Waals surface area contributed by atoms with Gasteiger partial charge in [0, 0.05) is 12.0 Å². The highest BCUT2D eigenvalue weighted by atomic mass is 16.7. The molecule has 4 N–H and O–H groups in total. The molecule has 31 heavy (non-hydrogen) atoms. The van der Waals surface area contributed by atoms with Crippen LogP contribution in [0.15, 0.2) is 42.5 Å². The first-order valence-electron chi connectivity index (χ1n) is 9.87. The van der Waals surface area contributed by atoms with Crippen LogP contribution in [-0.4, -0.2) is 70.8 Å². The summed E-state index contributed by atoms with van der Waals surface area (Å²) in [6.45, 7) is -0.532. The zero-order chi connectivity index (χ0) is 22.1. The van der Waals surface area contributed by atoms with Crippen LogP contribution in [0.3, 0.4) is 0 Å². The molecule has 0 spiro atoms. The Hall–Kier alpha value is -2.69. The quantitative estimate of drug-likeness (QED) is 0.476. The van der Waals surface area contributed by atoms with Crippen LogP contribution in [0.1, 0.15) is 27.6 Å². The molecule has 166 valence electrons. The van der Waals surface area contributed by atoms with Gasteiger partial charge in [0.05, 0.1) is 13.7 Å². The van der Waals surface area contributed by atoms with E-state index in [9.17, 15) is 25.2 Å². The predicted molar refractivity (Wildman–Crippen MR) is 106 cm³/mol. The van der Waals surface area contributed by atoms with Crippen LogP contribution in [0.4, 0.5) is 0 Å². The number of fused-ring (bicyclic) bond motifs is 1. The molecule has 2 aliphatic heterocycles. The van der Waals surface area contributed by atoms with E-state index in [-0.39, 0.29) is 0 Å². The van der Waals surface area contributed by atoms with Crippen molar-refractivity contribution in [2.45, 2.75) is 43.2 Å². The zero-order valence-electron chi connectivity index (χ0n) is 16.7. The molecule has 2 aliphatic rings. The molecule has 0 bridgehead atoms. The lowest BCUT2D eigenvalue weighted by atomic mass is 9.98. The van der Waals surface area contributed by atoms with Crippen molar-refractivity contribution in [3.05, 3.63) is 59.2 Å². The molecular formula is C22H24O9. The fourth-order valence-electron chi connectivity index (χ4n) is 3.83. The third-order valence-electron chi connectivity index (χ3n) is 5.52. The summed E-state index contributed by atoms with van der Waals surface area (Å²) in [6.07, 6.45) is -6.72. The molecule has 0 aromatic heterocycles. The average Bonchev–Trinajstić information content (AvgIpc) is 3.10. The van der Waals surface area contributed by atoms with E-state index in [1.807, 2.05) is 12.1 Å². The number of carbonyl (C=O) groups is 1. The summed E-state index contributed by atoms with van der Waals surface area (Å²) in [5.74, 6) is 0.423. The Labute approximate surface area is 178 Å².